The first-order valence-electron chi connectivity index (χ1n) is 3.22. The van der Waals surface area contributed by atoms with Crippen LogP contribution in [0.15, 0.2) is 22.7 Å². The van der Waals surface area contributed by atoms with E-state index in [4.69, 9.17) is 9.84 Å². The summed E-state index contributed by atoms with van der Waals surface area (Å²) in [7, 11) is 1.44. The number of rotatable bonds is 2. The third-order valence-electron chi connectivity index (χ3n) is 1.41. The molecule has 1 aromatic carbocycles. The first kappa shape index (κ1) is 9.06. The van der Waals surface area contributed by atoms with Gasteiger partial charge in [0.2, 0.25) is 0 Å². The summed E-state index contributed by atoms with van der Waals surface area (Å²) in [5, 5.41) is 8.77. The average Bonchev–Trinajstić information content (AvgIpc) is 2.03. The molecule has 0 bridgehead atoms. The minimum Gasteiger partial charge on any atom is -0.496 e. The van der Waals surface area contributed by atoms with Crippen molar-refractivity contribution in [3.8, 4) is 5.75 Å². The highest BCUT2D eigenvalue weighted by Gasteiger charge is 2.13. The minimum absolute atomic E-state index is 0.153. The highest BCUT2D eigenvalue weighted by Crippen LogP contribution is 2.26. The van der Waals surface area contributed by atoms with E-state index in [9.17, 15) is 4.79 Å². The number of benzene rings is 1. The number of carboxylic acids is 1. The summed E-state index contributed by atoms with van der Waals surface area (Å²) in [6.45, 7) is 0. The van der Waals surface area contributed by atoms with Crippen molar-refractivity contribution < 1.29 is 14.6 Å². The predicted molar refractivity (Wildman–Crippen MR) is 47.7 cm³/mol. The van der Waals surface area contributed by atoms with Crippen LogP contribution in [0.25, 0.3) is 0 Å². The first-order valence-corrected chi connectivity index (χ1v) is 4.02. The van der Waals surface area contributed by atoms with Crippen molar-refractivity contribution in [1.29, 1.82) is 0 Å². The number of methoxy groups -OCH3 is 1. The molecule has 0 aromatic heterocycles. The molecule has 0 amide bonds. The molecule has 0 radical (unpaired) electrons. The molecule has 0 unspecified atom stereocenters. The second-order valence-corrected chi connectivity index (χ2v) is 2.98. The highest BCUT2D eigenvalue weighted by molar-refractivity contribution is 9.10. The summed E-state index contributed by atoms with van der Waals surface area (Å²) in [5.41, 5.74) is 0.153. The molecular formula is C8H7BrO3. The Morgan fingerprint density at radius 3 is 2.67 bits per heavy atom. The molecule has 1 N–H and O–H groups in total. The van der Waals surface area contributed by atoms with Gasteiger partial charge in [0.1, 0.15) is 11.3 Å². The topological polar surface area (TPSA) is 46.5 Å². The summed E-state index contributed by atoms with van der Waals surface area (Å²) in [6.07, 6.45) is 0. The number of ether oxygens (including phenoxy) is 1. The molecule has 0 aliphatic carbocycles. The van der Waals surface area contributed by atoms with E-state index < -0.39 is 5.97 Å². The predicted octanol–water partition coefficient (Wildman–Crippen LogP) is 2.16. The van der Waals surface area contributed by atoms with Gasteiger partial charge in [-0.05, 0) is 28.1 Å². The van der Waals surface area contributed by atoms with Crippen molar-refractivity contribution in [3.63, 3.8) is 0 Å². The molecular weight excluding hydrogens is 224 g/mol. The van der Waals surface area contributed by atoms with E-state index in [1.807, 2.05) is 0 Å². The molecule has 3 nitrogen and oxygen atoms in total. The lowest BCUT2D eigenvalue weighted by atomic mass is 10.2. The molecule has 1 rings (SSSR count). The van der Waals surface area contributed by atoms with Crippen LogP contribution in [0.2, 0.25) is 0 Å². The van der Waals surface area contributed by atoms with Gasteiger partial charge in [-0.15, -0.1) is 0 Å². The Kier molecular flexibility index (Phi) is 2.70. The van der Waals surface area contributed by atoms with Gasteiger partial charge in [-0.2, -0.15) is 0 Å². The van der Waals surface area contributed by atoms with Crippen LogP contribution in [0.5, 0.6) is 5.75 Å². The zero-order chi connectivity index (χ0) is 9.14. The van der Waals surface area contributed by atoms with Crippen LogP contribution in [0, 0.1) is 0 Å². The third kappa shape index (κ3) is 1.58. The maximum atomic E-state index is 10.7. The molecule has 1 aromatic rings. The van der Waals surface area contributed by atoms with Gasteiger partial charge < -0.3 is 9.84 Å². The quantitative estimate of drug-likeness (QED) is 0.848. The normalized spacial score (nSPS) is 9.50. The number of hydrogen-bond donors (Lipinski definition) is 1. The summed E-state index contributed by atoms with van der Waals surface area (Å²) in [6, 6.07) is 4.98. The minimum atomic E-state index is -1.00. The first-order chi connectivity index (χ1) is 5.66. The lowest BCUT2D eigenvalue weighted by Crippen LogP contribution is -2.01. The standard InChI is InChI=1S/C8H7BrO3/c1-12-6-4-2-3-5(9)7(6)8(10)11/h2-4H,1H3,(H,10,11). The monoisotopic (exact) mass is 230 g/mol. The van der Waals surface area contributed by atoms with Gasteiger partial charge in [-0.25, -0.2) is 4.79 Å². The number of carboxylic acid groups (broad SMARTS) is 1. The molecule has 4 heteroatoms. The van der Waals surface area contributed by atoms with Gasteiger partial charge in [-0.3, -0.25) is 0 Å². The molecule has 0 spiro atoms. The molecule has 0 atom stereocenters. The second-order valence-electron chi connectivity index (χ2n) is 2.12. The van der Waals surface area contributed by atoms with Gasteiger partial charge in [0, 0.05) is 4.47 Å². The van der Waals surface area contributed by atoms with Crippen LogP contribution in [-0.2, 0) is 0 Å². The van der Waals surface area contributed by atoms with Crippen molar-refractivity contribution in [3.05, 3.63) is 28.2 Å². The summed E-state index contributed by atoms with van der Waals surface area (Å²) >= 11 is 3.13. The van der Waals surface area contributed by atoms with E-state index in [-0.39, 0.29) is 5.56 Å². The van der Waals surface area contributed by atoms with E-state index in [1.165, 1.54) is 7.11 Å². The fraction of sp³-hybridized carbons (Fsp3) is 0.125. The fourth-order valence-electron chi connectivity index (χ4n) is 0.882. The van der Waals surface area contributed by atoms with Crippen molar-refractivity contribution in [2.24, 2.45) is 0 Å². The van der Waals surface area contributed by atoms with Crippen molar-refractivity contribution in [1.82, 2.24) is 0 Å². The Morgan fingerprint density at radius 2 is 2.25 bits per heavy atom. The van der Waals surface area contributed by atoms with Gasteiger partial charge in [-0.1, -0.05) is 6.07 Å². The Bertz CT molecular complexity index is 309. The zero-order valence-electron chi connectivity index (χ0n) is 6.37. The Balaban J connectivity index is 3.29. The number of hydrogen-bond acceptors (Lipinski definition) is 2. The SMILES string of the molecule is COc1cccc(Br)c1C(=O)O. The van der Waals surface area contributed by atoms with Gasteiger partial charge in [0.25, 0.3) is 0 Å². The van der Waals surface area contributed by atoms with E-state index in [2.05, 4.69) is 15.9 Å². The Hall–Kier alpha value is -1.03. The molecule has 0 aliphatic heterocycles. The molecule has 0 saturated carbocycles. The molecule has 0 heterocycles. The van der Waals surface area contributed by atoms with Crippen molar-refractivity contribution in [2.45, 2.75) is 0 Å². The third-order valence-corrected chi connectivity index (χ3v) is 2.07. The van der Waals surface area contributed by atoms with Gasteiger partial charge >= 0.3 is 5.97 Å². The van der Waals surface area contributed by atoms with Crippen LogP contribution >= 0.6 is 15.9 Å². The molecule has 0 aliphatic rings. The van der Waals surface area contributed by atoms with Crippen molar-refractivity contribution in [2.75, 3.05) is 7.11 Å². The number of carbonyl (C=O) groups is 1. The maximum Gasteiger partial charge on any atom is 0.340 e. The lowest BCUT2D eigenvalue weighted by molar-refractivity contribution is 0.0692. The van der Waals surface area contributed by atoms with Crippen LogP contribution in [0.3, 0.4) is 0 Å². The van der Waals surface area contributed by atoms with Crippen LogP contribution in [0.1, 0.15) is 10.4 Å². The van der Waals surface area contributed by atoms with Crippen molar-refractivity contribution >= 4 is 21.9 Å². The van der Waals surface area contributed by atoms with E-state index in [1.54, 1.807) is 18.2 Å². The van der Waals surface area contributed by atoms with E-state index >= 15 is 0 Å². The summed E-state index contributed by atoms with van der Waals surface area (Å²) < 4.78 is 5.40. The van der Waals surface area contributed by atoms with Crippen LogP contribution in [-0.4, -0.2) is 18.2 Å². The molecule has 0 saturated heterocycles. The van der Waals surface area contributed by atoms with E-state index in [0.29, 0.717) is 10.2 Å². The Morgan fingerprint density at radius 1 is 1.58 bits per heavy atom. The smallest absolute Gasteiger partial charge is 0.340 e. The average molecular weight is 231 g/mol. The zero-order valence-corrected chi connectivity index (χ0v) is 7.96. The van der Waals surface area contributed by atoms with Gasteiger partial charge in [0.05, 0.1) is 7.11 Å². The van der Waals surface area contributed by atoms with E-state index in [0.717, 1.165) is 0 Å². The molecule has 0 fully saturated rings. The largest absolute Gasteiger partial charge is 0.496 e. The highest BCUT2D eigenvalue weighted by atomic mass is 79.9. The van der Waals surface area contributed by atoms with Crippen LogP contribution in [0.4, 0.5) is 0 Å². The fourth-order valence-corrected chi connectivity index (χ4v) is 1.40. The Labute approximate surface area is 78.1 Å². The maximum absolute atomic E-state index is 10.7. The van der Waals surface area contributed by atoms with Crippen LogP contribution < -0.4 is 4.74 Å². The van der Waals surface area contributed by atoms with Gasteiger partial charge in [0.15, 0.2) is 0 Å². The molecule has 64 valence electrons. The number of aromatic carboxylic acids is 1. The summed E-state index contributed by atoms with van der Waals surface area (Å²) in [5.74, 6) is -0.642. The summed E-state index contributed by atoms with van der Waals surface area (Å²) in [4.78, 5) is 10.7. The molecule has 12 heavy (non-hydrogen) atoms. The lowest BCUT2D eigenvalue weighted by Gasteiger charge is -2.05. The number of halogens is 1. The second kappa shape index (κ2) is 3.58.